The normalized spacial score (nSPS) is 11.6. The number of nitrogens with one attached hydrogen (secondary N) is 1. The summed E-state index contributed by atoms with van der Waals surface area (Å²) >= 11 is 14.7. The van der Waals surface area contributed by atoms with Gasteiger partial charge >= 0.3 is 6.18 Å². The molecule has 0 unspecified atom stereocenters. The number of benzene rings is 4. The molecule has 1 heterocycles. The molecular weight excluding hydrogens is 646 g/mol. The quantitative estimate of drug-likeness (QED) is 0.159. The number of carbonyl (C=O) groups is 2. The predicted octanol–water partition coefficient (Wildman–Crippen LogP) is 8.66. The highest BCUT2D eigenvalue weighted by Crippen LogP contribution is 2.37. The van der Waals surface area contributed by atoms with Gasteiger partial charge in [0.15, 0.2) is 0 Å². The lowest BCUT2D eigenvalue weighted by Gasteiger charge is -2.21. The lowest BCUT2D eigenvalue weighted by Crippen LogP contribution is -2.37. The molecule has 0 atom stereocenters. The molecule has 0 saturated heterocycles. The lowest BCUT2D eigenvalue weighted by molar-refractivity contribution is -0.137. The molecule has 0 aliphatic rings. The molecule has 45 heavy (non-hydrogen) atoms. The topological polar surface area (TPSA) is 71.5 Å². The van der Waals surface area contributed by atoms with Crippen LogP contribution >= 0.6 is 34.5 Å². The molecule has 0 fully saturated rings. The fourth-order valence-electron chi connectivity index (χ4n) is 4.30. The molecule has 12 heteroatoms. The predicted molar refractivity (Wildman–Crippen MR) is 173 cm³/mol. The number of hydrogen-bond donors (Lipinski definition) is 1. The van der Waals surface area contributed by atoms with Crippen molar-refractivity contribution < 1.29 is 27.5 Å². The van der Waals surface area contributed by atoms with Crippen molar-refractivity contribution in [2.24, 2.45) is 0 Å². The fraction of sp³-hybridized carbons (Fsp3) is 0.121. The summed E-state index contributed by atoms with van der Waals surface area (Å²) in [6.07, 6.45) is -1.97. The van der Waals surface area contributed by atoms with E-state index in [1.165, 1.54) is 30.2 Å². The Bertz CT molecular complexity index is 1880. The highest BCUT2D eigenvalue weighted by atomic mass is 35.5. The van der Waals surface area contributed by atoms with Crippen LogP contribution in [0.5, 0.6) is 5.75 Å². The number of aromatic nitrogens is 1. The monoisotopic (exact) mass is 669 g/mol. The number of alkyl halides is 3. The maximum atomic E-state index is 12.9. The van der Waals surface area contributed by atoms with Crippen LogP contribution in [0.25, 0.3) is 26.9 Å². The second kappa shape index (κ2) is 13.7. The van der Waals surface area contributed by atoms with Crippen LogP contribution in [0.15, 0.2) is 91.0 Å². The highest BCUT2D eigenvalue weighted by molar-refractivity contribution is 7.21. The number of rotatable bonds is 9. The molecule has 5 aromatic rings. The molecule has 2 amide bonds. The van der Waals surface area contributed by atoms with Gasteiger partial charge in [0.25, 0.3) is 0 Å². The Hall–Kier alpha value is -4.38. The van der Waals surface area contributed by atoms with Gasteiger partial charge < -0.3 is 15.0 Å². The van der Waals surface area contributed by atoms with Gasteiger partial charge in [-0.2, -0.15) is 13.2 Å². The van der Waals surface area contributed by atoms with Crippen molar-refractivity contribution in [1.82, 2.24) is 10.3 Å². The standard InChI is InChI=1S/C33H24Cl2F3N3O3S/c1-41(29(43)18-39-28(42)17-12-20-10-13-22(14-11-20)33(36,37)38)25-16-15-24(34)23(30(25)35)19-44-26-8-5-9-27-31(26)40-32(45-27)21-6-3-2-4-7-21/h2-17H,18-19H2,1H3,(H,39,42)/b17-12+. The van der Waals surface area contributed by atoms with Crippen molar-refractivity contribution in [2.75, 3.05) is 18.5 Å². The van der Waals surface area contributed by atoms with E-state index in [0.717, 1.165) is 33.5 Å². The first-order valence-electron chi connectivity index (χ1n) is 13.5. The van der Waals surface area contributed by atoms with Crippen LogP contribution in [0.3, 0.4) is 0 Å². The Morgan fingerprint density at radius 3 is 2.42 bits per heavy atom. The van der Waals surface area contributed by atoms with Crippen molar-refractivity contribution in [2.45, 2.75) is 12.8 Å². The molecule has 5 rings (SSSR count). The van der Waals surface area contributed by atoms with Crippen LogP contribution in [0.2, 0.25) is 10.0 Å². The number of amides is 2. The highest BCUT2D eigenvalue weighted by Gasteiger charge is 2.29. The van der Waals surface area contributed by atoms with Crippen molar-refractivity contribution in [3.05, 3.63) is 118 Å². The second-order valence-corrected chi connectivity index (χ2v) is 11.6. The van der Waals surface area contributed by atoms with Gasteiger partial charge in [0.2, 0.25) is 11.8 Å². The average molecular weight is 671 g/mol. The Labute approximate surface area is 270 Å². The van der Waals surface area contributed by atoms with Crippen LogP contribution in [0.4, 0.5) is 18.9 Å². The smallest absolute Gasteiger partial charge is 0.416 e. The van der Waals surface area contributed by atoms with Crippen molar-refractivity contribution in [1.29, 1.82) is 0 Å². The molecule has 1 N–H and O–H groups in total. The van der Waals surface area contributed by atoms with E-state index in [9.17, 15) is 22.8 Å². The third kappa shape index (κ3) is 7.65. The van der Waals surface area contributed by atoms with Crippen LogP contribution in [0, 0.1) is 0 Å². The van der Waals surface area contributed by atoms with Gasteiger partial charge in [-0.1, -0.05) is 71.7 Å². The van der Waals surface area contributed by atoms with Crippen molar-refractivity contribution >= 4 is 68.3 Å². The SMILES string of the molecule is CN(C(=O)CNC(=O)/C=C/c1ccc(C(F)(F)F)cc1)c1ccc(Cl)c(COc2cccc3sc(-c4ccccc4)nc23)c1Cl. The van der Waals surface area contributed by atoms with Crippen LogP contribution in [-0.4, -0.2) is 30.4 Å². The summed E-state index contributed by atoms with van der Waals surface area (Å²) in [7, 11) is 1.51. The molecule has 4 aromatic carbocycles. The van der Waals surface area contributed by atoms with E-state index in [-0.39, 0.29) is 18.2 Å². The molecule has 0 saturated carbocycles. The fourth-order valence-corrected chi connectivity index (χ4v) is 5.90. The molecular formula is C33H24Cl2F3N3O3S. The molecule has 0 aliphatic heterocycles. The van der Waals surface area contributed by atoms with Gasteiger partial charge in [-0.3, -0.25) is 9.59 Å². The number of fused-ring (bicyclic) bond motifs is 1. The average Bonchev–Trinajstić information content (AvgIpc) is 3.48. The minimum absolute atomic E-state index is 0.0102. The zero-order valence-corrected chi connectivity index (χ0v) is 25.9. The molecule has 0 spiro atoms. The summed E-state index contributed by atoms with van der Waals surface area (Å²) < 4.78 is 45.3. The number of anilines is 1. The third-order valence-corrected chi connectivity index (χ3v) is 8.60. The number of nitrogens with zero attached hydrogens (tertiary/aromatic N) is 2. The second-order valence-electron chi connectivity index (χ2n) is 9.76. The maximum absolute atomic E-state index is 12.9. The van der Waals surface area contributed by atoms with E-state index in [0.29, 0.717) is 33.1 Å². The zero-order valence-electron chi connectivity index (χ0n) is 23.6. The van der Waals surface area contributed by atoms with E-state index >= 15 is 0 Å². The minimum Gasteiger partial charge on any atom is -0.486 e. The Balaban J connectivity index is 1.23. The number of hydrogen-bond acceptors (Lipinski definition) is 5. The Morgan fingerprint density at radius 2 is 1.71 bits per heavy atom. The Kier molecular flexibility index (Phi) is 9.77. The van der Waals surface area contributed by atoms with Gasteiger partial charge in [0, 0.05) is 29.3 Å². The molecule has 0 radical (unpaired) electrons. The first-order chi connectivity index (χ1) is 21.5. The molecule has 6 nitrogen and oxygen atoms in total. The summed E-state index contributed by atoms with van der Waals surface area (Å²) in [5, 5.41) is 3.89. The molecule has 0 bridgehead atoms. The number of halogens is 5. The lowest BCUT2D eigenvalue weighted by atomic mass is 10.1. The minimum atomic E-state index is -4.45. The van der Waals surface area contributed by atoms with Gasteiger partial charge in [0.05, 0.1) is 27.5 Å². The zero-order chi connectivity index (χ0) is 32.1. The van der Waals surface area contributed by atoms with Crippen LogP contribution in [0.1, 0.15) is 16.7 Å². The first kappa shape index (κ1) is 32.0. The maximum Gasteiger partial charge on any atom is 0.416 e. The number of likely N-dealkylation sites (N-methyl/N-ethyl adjacent to an activating group) is 1. The summed E-state index contributed by atoms with van der Waals surface area (Å²) in [6, 6.07) is 23.0. The van der Waals surface area contributed by atoms with Gasteiger partial charge in [0.1, 0.15) is 22.9 Å². The number of para-hydroxylation sites is 1. The van der Waals surface area contributed by atoms with Gasteiger partial charge in [-0.05, 0) is 48.0 Å². The van der Waals surface area contributed by atoms with Crippen LogP contribution < -0.4 is 15.0 Å². The number of ether oxygens (including phenoxy) is 1. The summed E-state index contributed by atoms with van der Waals surface area (Å²) in [5.74, 6) is -0.511. The summed E-state index contributed by atoms with van der Waals surface area (Å²) in [4.78, 5) is 31.2. The Morgan fingerprint density at radius 1 is 0.978 bits per heavy atom. The molecule has 0 aliphatic carbocycles. The number of carbonyl (C=O) groups excluding carboxylic acids is 2. The molecule has 1 aromatic heterocycles. The van der Waals surface area contributed by atoms with Crippen molar-refractivity contribution in [3.63, 3.8) is 0 Å². The first-order valence-corrected chi connectivity index (χ1v) is 15.0. The largest absolute Gasteiger partial charge is 0.486 e. The van der Waals surface area contributed by atoms with Gasteiger partial charge in [-0.15, -0.1) is 11.3 Å². The number of thiazole rings is 1. The van der Waals surface area contributed by atoms with E-state index in [4.69, 9.17) is 32.9 Å². The van der Waals surface area contributed by atoms with Crippen molar-refractivity contribution in [3.8, 4) is 16.3 Å². The van der Waals surface area contributed by atoms with E-state index in [2.05, 4.69) is 5.32 Å². The third-order valence-electron chi connectivity index (χ3n) is 6.75. The van der Waals surface area contributed by atoms with E-state index < -0.39 is 23.6 Å². The van der Waals surface area contributed by atoms with E-state index in [1.54, 1.807) is 23.5 Å². The molecule has 230 valence electrons. The summed E-state index contributed by atoms with van der Waals surface area (Å²) in [6.45, 7) is -0.344. The van der Waals surface area contributed by atoms with Gasteiger partial charge in [-0.25, -0.2) is 4.98 Å². The van der Waals surface area contributed by atoms with Crippen LogP contribution in [-0.2, 0) is 22.4 Å². The van der Waals surface area contributed by atoms with E-state index in [1.807, 2.05) is 48.5 Å². The summed E-state index contributed by atoms with van der Waals surface area (Å²) in [5.41, 5.74) is 2.14.